The Hall–Kier alpha value is -3.91. The van der Waals surface area contributed by atoms with Crippen molar-refractivity contribution >= 4 is 38.7 Å². The van der Waals surface area contributed by atoms with Crippen molar-refractivity contribution in [2.24, 2.45) is 5.73 Å². The van der Waals surface area contributed by atoms with Crippen molar-refractivity contribution in [3.8, 4) is 21.8 Å². The van der Waals surface area contributed by atoms with Gasteiger partial charge in [0.25, 0.3) is 0 Å². The Balaban J connectivity index is 1.58. The molecule has 0 atom stereocenters. The molecule has 4 heterocycles. The molecule has 0 unspecified atom stereocenters. The third-order valence-corrected chi connectivity index (χ3v) is 6.51. The summed E-state index contributed by atoms with van der Waals surface area (Å²) >= 11 is 1.11. The third kappa shape index (κ3) is 4.08. The number of allylic oxidation sites excluding steroid dienone is 3. The molecule has 172 valence electrons. The SMILES string of the molecule is C/C(=C\C(=C/N)c1ccc2[nH]nc(-c3cc4c(-c5ccc(F)s5)cncc4[nH]3)c2c1)NC(C)C. The van der Waals surface area contributed by atoms with E-state index in [-0.39, 0.29) is 5.13 Å². The van der Waals surface area contributed by atoms with Gasteiger partial charge in [-0.05, 0) is 68.3 Å². The van der Waals surface area contributed by atoms with Crippen LogP contribution in [0.15, 0.2) is 66.8 Å². The number of hydrogen-bond acceptors (Lipinski definition) is 5. The molecule has 0 bridgehead atoms. The third-order valence-electron chi connectivity index (χ3n) is 5.60. The number of pyridine rings is 1. The zero-order chi connectivity index (χ0) is 23.8. The number of hydrogen-bond donors (Lipinski definition) is 4. The van der Waals surface area contributed by atoms with Gasteiger partial charge in [-0.1, -0.05) is 6.07 Å². The van der Waals surface area contributed by atoms with Crippen molar-refractivity contribution in [3.05, 3.63) is 77.5 Å². The number of rotatable bonds is 6. The number of nitrogens with zero attached hydrogens (tertiary/aromatic N) is 2. The van der Waals surface area contributed by atoms with Crippen molar-refractivity contribution < 1.29 is 4.39 Å². The number of halogens is 1. The number of nitrogens with two attached hydrogens (primary N) is 1. The second kappa shape index (κ2) is 8.79. The maximum Gasteiger partial charge on any atom is 0.176 e. The summed E-state index contributed by atoms with van der Waals surface area (Å²) in [5.41, 5.74) is 13.3. The van der Waals surface area contributed by atoms with Gasteiger partial charge in [0, 0.05) is 45.3 Å². The lowest BCUT2D eigenvalue weighted by Crippen LogP contribution is -2.20. The van der Waals surface area contributed by atoms with Crippen LogP contribution in [-0.2, 0) is 0 Å². The first-order valence-electron chi connectivity index (χ1n) is 11.0. The van der Waals surface area contributed by atoms with Crippen LogP contribution >= 0.6 is 11.3 Å². The van der Waals surface area contributed by atoms with Gasteiger partial charge in [-0.3, -0.25) is 10.1 Å². The lowest BCUT2D eigenvalue weighted by molar-refractivity contribution is 0.657. The minimum Gasteiger partial charge on any atom is -0.404 e. The molecule has 0 fully saturated rings. The summed E-state index contributed by atoms with van der Waals surface area (Å²) in [7, 11) is 0. The Bertz CT molecular complexity index is 1550. The van der Waals surface area contributed by atoms with E-state index in [1.54, 1.807) is 24.7 Å². The Morgan fingerprint density at radius 2 is 1.97 bits per heavy atom. The van der Waals surface area contributed by atoms with Gasteiger partial charge in [-0.25, -0.2) is 0 Å². The molecule has 0 radical (unpaired) electrons. The van der Waals surface area contributed by atoms with Crippen LogP contribution in [0.3, 0.4) is 0 Å². The van der Waals surface area contributed by atoms with Gasteiger partial charge in [0.2, 0.25) is 0 Å². The molecule has 34 heavy (non-hydrogen) atoms. The number of nitrogens with one attached hydrogen (secondary N) is 3. The van der Waals surface area contributed by atoms with Crippen molar-refractivity contribution in [2.75, 3.05) is 0 Å². The Kier molecular flexibility index (Phi) is 5.67. The topological polar surface area (TPSA) is 95.4 Å². The van der Waals surface area contributed by atoms with E-state index in [0.717, 1.165) is 71.8 Å². The van der Waals surface area contributed by atoms with Gasteiger partial charge < -0.3 is 16.0 Å². The van der Waals surface area contributed by atoms with E-state index in [1.807, 2.05) is 31.2 Å². The van der Waals surface area contributed by atoms with E-state index >= 15 is 0 Å². The predicted molar refractivity (Wildman–Crippen MR) is 139 cm³/mol. The highest BCUT2D eigenvalue weighted by Crippen LogP contribution is 2.36. The molecule has 0 amide bonds. The molecule has 0 saturated heterocycles. The minimum atomic E-state index is -0.217. The summed E-state index contributed by atoms with van der Waals surface area (Å²) in [5, 5.41) is 12.8. The highest BCUT2D eigenvalue weighted by molar-refractivity contribution is 7.14. The fourth-order valence-corrected chi connectivity index (χ4v) is 4.95. The lowest BCUT2D eigenvalue weighted by Gasteiger charge is -2.11. The number of aromatic nitrogens is 4. The molecule has 4 aromatic heterocycles. The van der Waals surface area contributed by atoms with Crippen LogP contribution in [0.2, 0.25) is 0 Å². The average molecular weight is 473 g/mol. The number of benzene rings is 1. The maximum atomic E-state index is 13.6. The molecule has 0 aliphatic rings. The summed E-state index contributed by atoms with van der Waals surface area (Å²) in [5.74, 6) is 0. The van der Waals surface area contributed by atoms with Crippen LogP contribution in [0.1, 0.15) is 26.3 Å². The van der Waals surface area contributed by atoms with Gasteiger partial charge in [0.1, 0.15) is 5.69 Å². The minimum absolute atomic E-state index is 0.217. The zero-order valence-corrected chi connectivity index (χ0v) is 19.9. The van der Waals surface area contributed by atoms with Crippen molar-refractivity contribution in [2.45, 2.75) is 26.8 Å². The molecule has 1 aromatic carbocycles. The van der Waals surface area contributed by atoms with Crippen molar-refractivity contribution in [3.63, 3.8) is 0 Å². The van der Waals surface area contributed by atoms with Crippen LogP contribution in [0.5, 0.6) is 0 Å². The second-order valence-electron chi connectivity index (χ2n) is 8.52. The fourth-order valence-electron chi connectivity index (χ4n) is 4.19. The molecular formula is C26H25FN6S. The van der Waals surface area contributed by atoms with Crippen LogP contribution in [0, 0.1) is 5.13 Å². The first kappa shape index (κ1) is 21.9. The second-order valence-corrected chi connectivity index (χ2v) is 9.55. The molecule has 5 rings (SSSR count). The summed E-state index contributed by atoms with van der Waals surface area (Å²) < 4.78 is 13.6. The van der Waals surface area contributed by atoms with E-state index < -0.39 is 0 Å². The molecule has 0 spiro atoms. The molecule has 8 heteroatoms. The molecule has 5 N–H and O–H groups in total. The maximum absolute atomic E-state index is 13.6. The lowest BCUT2D eigenvalue weighted by atomic mass is 10.0. The summed E-state index contributed by atoms with van der Waals surface area (Å²) in [6.45, 7) is 6.23. The van der Waals surface area contributed by atoms with Gasteiger partial charge in [0.05, 0.1) is 22.9 Å². The van der Waals surface area contributed by atoms with Crippen LogP contribution in [0.4, 0.5) is 4.39 Å². The number of H-pyrrole nitrogens is 2. The largest absolute Gasteiger partial charge is 0.404 e. The van der Waals surface area contributed by atoms with Crippen molar-refractivity contribution in [1.82, 2.24) is 25.5 Å². The van der Waals surface area contributed by atoms with Crippen molar-refractivity contribution in [1.29, 1.82) is 0 Å². The number of thiophene rings is 1. The van der Waals surface area contributed by atoms with Gasteiger partial charge in [0.15, 0.2) is 5.13 Å². The molecule has 6 nitrogen and oxygen atoms in total. The van der Waals surface area contributed by atoms with Crippen LogP contribution in [0.25, 0.3) is 49.2 Å². The average Bonchev–Trinajstić information content (AvgIpc) is 3.53. The van der Waals surface area contributed by atoms with Gasteiger partial charge in [-0.2, -0.15) is 9.49 Å². The monoisotopic (exact) mass is 472 g/mol. The van der Waals surface area contributed by atoms with E-state index in [9.17, 15) is 4.39 Å². The molecule has 0 aliphatic heterocycles. The van der Waals surface area contributed by atoms with Crippen LogP contribution in [-0.4, -0.2) is 26.2 Å². The highest BCUT2D eigenvalue weighted by atomic mass is 32.1. The van der Waals surface area contributed by atoms with E-state index in [0.29, 0.717) is 6.04 Å². The number of fused-ring (bicyclic) bond motifs is 2. The summed E-state index contributed by atoms with van der Waals surface area (Å²) in [6.07, 6.45) is 7.21. The van der Waals surface area contributed by atoms with E-state index in [4.69, 9.17) is 5.73 Å². The first-order chi connectivity index (χ1) is 16.4. The zero-order valence-electron chi connectivity index (χ0n) is 19.1. The van der Waals surface area contributed by atoms with Crippen LogP contribution < -0.4 is 11.1 Å². The quantitative estimate of drug-likeness (QED) is 0.222. The molecule has 0 saturated carbocycles. The normalized spacial score (nSPS) is 12.9. The first-order valence-corrected chi connectivity index (χ1v) is 11.8. The van der Waals surface area contributed by atoms with Gasteiger partial charge >= 0.3 is 0 Å². The molecule has 0 aliphatic carbocycles. The standard InChI is InChI=1S/C26H25FN6S/c1-14(2)30-15(3)8-17(11-28)16-4-5-21-19(9-16)26(33-32-21)22-10-18-20(12-29-13-23(18)31-22)24-6-7-25(27)34-24/h4-14,30-31H,28H2,1-3H3,(H,32,33)/b15-8+,17-11+. The highest BCUT2D eigenvalue weighted by Gasteiger charge is 2.15. The van der Waals surface area contributed by atoms with Gasteiger partial charge in [-0.15, -0.1) is 11.3 Å². The number of aromatic amines is 2. The molecule has 5 aromatic rings. The Labute approximate surface area is 200 Å². The molecular weight excluding hydrogens is 447 g/mol. The smallest absolute Gasteiger partial charge is 0.176 e. The Morgan fingerprint density at radius 3 is 2.71 bits per heavy atom. The fraction of sp³-hybridized carbons (Fsp3) is 0.154. The summed E-state index contributed by atoms with van der Waals surface area (Å²) in [4.78, 5) is 8.61. The predicted octanol–water partition coefficient (Wildman–Crippen LogP) is 6.18. The summed E-state index contributed by atoms with van der Waals surface area (Å²) in [6, 6.07) is 11.8. The van der Waals surface area contributed by atoms with E-state index in [2.05, 4.69) is 45.4 Å². The Morgan fingerprint density at radius 1 is 1.12 bits per heavy atom. The van der Waals surface area contributed by atoms with E-state index in [1.165, 1.54) is 6.07 Å².